The lowest BCUT2D eigenvalue weighted by atomic mass is 10.2. The van der Waals surface area contributed by atoms with Gasteiger partial charge in [0.25, 0.3) is 0 Å². The Morgan fingerprint density at radius 3 is 2.44 bits per heavy atom. The van der Waals surface area contributed by atoms with E-state index in [1.54, 1.807) is 54.6 Å². The molecule has 0 saturated heterocycles. The molecule has 0 spiro atoms. The van der Waals surface area contributed by atoms with E-state index in [0.717, 1.165) is 6.26 Å². The van der Waals surface area contributed by atoms with E-state index < -0.39 is 11.4 Å². The molecule has 126 valence electrons. The van der Waals surface area contributed by atoms with Crippen LogP contribution in [0.1, 0.15) is 16.1 Å². The quantitative estimate of drug-likeness (QED) is 0.644. The van der Waals surface area contributed by atoms with Gasteiger partial charge in [0, 0.05) is 11.1 Å². The average Bonchev–Trinajstić information content (AvgIpc) is 2.64. The molecule has 3 aromatic rings. The molecule has 0 aliphatic heterocycles. The fourth-order valence-corrected chi connectivity index (χ4v) is 2.13. The first-order chi connectivity index (χ1) is 12.1. The van der Waals surface area contributed by atoms with Crippen LogP contribution < -0.4 is 14.9 Å². The summed E-state index contributed by atoms with van der Waals surface area (Å²) >= 11 is 5.80. The van der Waals surface area contributed by atoms with Crippen molar-refractivity contribution in [2.24, 2.45) is 0 Å². The van der Waals surface area contributed by atoms with Gasteiger partial charge in [0.15, 0.2) is 0 Å². The van der Waals surface area contributed by atoms with E-state index >= 15 is 0 Å². The highest BCUT2D eigenvalue weighted by atomic mass is 35.5. The van der Waals surface area contributed by atoms with Gasteiger partial charge in [0.2, 0.25) is 11.2 Å². The van der Waals surface area contributed by atoms with E-state index in [0.29, 0.717) is 22.1 Å². The molecule has 3 rings (SSSR count). The third-order valence-electron chi connectivity index (χ3n) is 3.26. The molecular formula is C19H13ClO5. The van der Waals surface area contributed by atoms with Gasteiger partial charge in [0.05, 0.1) is 5.56 Å². The molecule has 1 aromatic heterocycles. The number of esters is 1. The highest BCUT2D eigenvalue weighted by Crippen LogP contribution is 2.17. The Morgan fingerprint density at radius 1 is 1.04 bits per heavy atom. The van der Waals surface area contributed by atoms with E-state index in [-0.39, 0.29) is 12.4 Å². The van der Waals surface area contributed by atoms with E-state index in [1.165, 1.54) is 6.07 Å². The topological polar surface area (TPSA) is 65.7 Å². The molecule has 0 unspecified atom stereocenters. The Labute approximate surface area is 148 Å². The molecule has 2 aromatic carbocycles. The lowest BCUT2D eigenvalue weighted by Crippen LogP contribution is -2.15. The lowest BCUT2D eigenvalue weighted by molar-refractivity contribution is 0.0728. The van der Waals surface area contributed by atoms with Crippen LogP contribution in [0.15, 0.2) is 76.1 Å². The second kappa shape index (κ2) is 7.68. The zero-order valence-electron chi connectivity index (χ0n) is 13.0. The Balaban J connectivity index is 1.65. The number of rotatable bonds is 5. The Bertz CT molecular complexity index is 917. The maximum atomic E-state index is 12.1. The second-order valence-electron chi connectivity index (χ2n) is 5.07. The molecule has 0 amide bonds. The fourth-order valence-electron chi connectivity index (χ4n) is 2.01. The van der Waals surface area contributed by atoms with Gasteiger partial charge in [-0.2, -0.15) is 0 Å². The minimum Gasteiger partial charge on any atom is -0.486 e. The molecule has 0 aliphatic carbocycles. The van der Waals surface area contributed by atoms with Crippen LogP contribution in [0.5, 0.6) is 11.5 Å². The van der Waals surface area contributed by atoms with Crippen molar-refractivity contribution in [3.8, 4) is 11.5 Å². The molecule has 6 heteroatoms. The van der Waals surface area contributed by atoms with Gasteiger partial charge >= 0.3 is 5.97 Å². The monoisotopic (exact) mass is 356 g/mol. The molecule has 0 radical (unpaired) electrons. The summed E-state index contributed by atoms with van der Waals surface area (Å²) < 4.78 is 15.8. The van der Waals surface area contributed by atoms with Crippen LogP contribution in [0, 0.1) is 0 Å². The number of carbonyl (C=O) groups excluding carboxylic acids is 1. The van der Waals surface area contributed by atoms with Gasteiger partial charge in [-0.25, -0.2) is 4.79 Å². The maximum absolute atomic E-state index is 12.1. The molecule has 0 saturated carbocycles. The molecule has 1 heterocycles. The van der Waals surface area contributed by atoms with Crippen molar-refractivity contribution in [3.05, 3.63) is 93.5 Å². The summed E-state index contributed by atoms with van der Waals surface area (Å²) in [5, 5.41) is 0.600. The normalized spacial score (nSPS) is 10.3. The Morgan fingerprint density at radius 2 is 1.76 bits per heavy atom. The number of benzene rings is 2. The zero-order valence-corrected chi connectivity index (χ0v) is 13.7. The number of hydrogen-bond donors (Lipinski definition) is 0. The van der Waals surface area contributed by atoms with E-state index in [9.17, 15) is 9.59 Å². The third kappa shape index (κ3) is 4.49. The van der Waals surface area contributed by atoms with Crippen LogP contribution >= 0.6 is 11.6 Å². The van der Waals surface area contributed by atoms with Gasteiger partial charge in [-0.05, 0) is 36.4 Å². The molecule has 25 heavy (non-hydrogen) atoms. The Kier molecular flexibility index (Phi) is 5.16. The van der Waals surface area contributed by atoms with Crippen molar-refractivity contribution in [3.63, 3.8) is 0 Å². The molecular weight excluding hydrogens is 344 g/mol. The Hall–Kier alpha value is -3.05. The summed E-state index contributed by atoms with van der Waals surface area (Å²) in [5.74, 6) is 0.0910. The summed E-state index contributed by atoms with van der Waals surface area (Å²) in [6, 6.07) is 16.4. The van der Waals surface area contributed by atoms with Gasteiger partial charge in [-0.1, -0.05) is 29.8 Å². The summed E-state index contributed by atoms with van der Waals surface area (Å²) in [5.41, 5.74) is -0.123. The van der Waals surface area contributed by atoms with Crippen LogP contribution in [-0.2, 0) is 6.61 Å². The van der Waals surface area contributed by atoms with Gasteiger partial charge in [-0.3, -0.25) is 4.79 Å². The SMILES string of the molecule is O=C(Oc1coc(COc2ccc(Cl)cc2)cc1=O)c1ccccc1. The number of carbonyl (C=O) groups is 1. The van der Waals surface area contributed by atoms with Crippen LogP contribution in [-0.4, -0.2) is 5.97 Å². The van der Waals surface area contributed by atoms with Crippen molar-refractivity contribution >= 4 is 17.6 Å². The maximum Gasteiger partial charge on any atom is 0.343 e. The second-order valence-corrected chi connectivity index (χ2v) is 5.51. The van der Waals surface area contributed by atoms with Crippen LogP contribution in [0.25, 0.3) is 0 Å². The molecule has 0 bridgehead atoms. The van der Waals surface area contributed by atoms with Crippen molar-refractivity contribution in [2.75, 3.05) is 0 Å². The number of halogens is 1. The predicted molar refractivity (Wildman–Crippen MR) is 92.2 cm³/mol. The first-order valence-corrected chi connectivity index (χ1v) is 7.77. The average molecular weight is 357 g/mol. The smallest absolute Gasteiger partial charge is 0.343 e. The third-order valence-corrected chi connectivity index (χ3v) is 3.51. The van der Waals surface area contributed by atoms with Gasteiger partial charge in [0.1, 0.15) is 24.4 Å². The highest BCUT2D eigenvalue weighted by Gasteiger charge is 2.12. The molecule has 0 aliphatic rings. The van der Waals surface area contributed by atoms with Crippen LogP contribution in [0.2, 0.25) is 5.02 Å². The van der Waals surface area contributed by atoms with Gasteiger partial charge < -0.3 is 13.9 Å². The van der Waals surface area contributed by atoms with Crippen molar-refractivity contribution < 1.29 is 18.7 Å². The summed E-state index contributed by atoms with van der Waals surface area (Å²) in [4.78, 5) is 24.0. The molecule has 5 nitrogen and oxygen atoms in total. The minimum atomic E-state index is -0.627. The summed E-state index contributed by atoms with van der Waals surface area (Å²) in [6.07, 6.45) is 1.10. The standard InChI is InChI=1S/C19H13ClO5/c20-14-6-8-15(9-7-14)23-11-16-10-17(21)18(12-24-16)25-19(22)13-4-2-1-3-5-13/h1-10,12H,11H2. The van der Waals surface area contributed by atoms with E-state index in [1.807, 2.05) is 0 Å². The first-order valence-electron chi connectivity index (χ1n) is 7.39. The predicted octanol–water partition coefficient (Wildman–Crippen LogP) is 4.09. The number of hydrogen-bond acceptors (Lipinski definition) is 5. The molecule has 0 fully saturated rings. The van der Waals surface area contributed by atoms with E-state index in [2.05, 4.69) is 0 Å². The van der Waals surface area contributed by atoms with E-state index in [4.69, 9.17) is 25.5 Å². The van der Waals surface area contributed by atoms with Crippen molar-refractivity contribution in [2.45, 2.75) is 6.61 Å². The first kappa shape index (κ1) is 16.8. The molecule has 0 atom stereocenters. The zero-order chi connectivity index (χ0) is 17.6. The lowest BCUT2D eigenvalue weighted by Gasteiger charge is -2.06. The van der Waals surface area contributed by atoms with Crippen molar-refractivity contribution in [1.29, 1.82) is 0 Å². The largest absolute Gasteiger partial charge is 0.486 e. The summed E-state index contributed by atoms with van der Waals surface area (Å²) in [6.45, 7) is 0.0593. The van der Waals surface area contributed by atoms with Crippen molar-refractivity contribution in [1.82, 2.24) is 0 Å². The molecule has 0 N–H and O–H groups in total. The number of ether oxygens (including phenoxy) is 2. The van der Waals surface area contributed by atoms with Crippen LogP contribution in [0.4, 0.5) is 0 Å². The minimum absolute atomic E-state index is 0.0593. The highest BCUT2D eigenvalue weighted by molar-refractivity contribution is 6.30. The fraction of sp³-hybridized carbons (Fsp3) is 0.0526. The van der Waals surface area contributed by atoms with Crippen LogP contribution in [0.3, 0.4) is 0 Å². The summed E-state index contributed by atoms with van der Waals surface area (Å²) in [7, 11) is 0. The van der Waals surface area contributed by atoms with Gasteiger partial charge in [-0.15, -0.1) is 0 Å².